The molecular formula is C16H20Cl2N2S2. The van der Waals surface area contributed by atoms with Crippen LogP contribution in [0.4, 0.5) is 0 Å². The molecule has 22 heavy (non-hydrogen) atoms. The SMILES string of the molecule is CCCCSc1nc(Cl)cc2cc(Cl)nc(SCCCC)c12. The van der Waals surface area contributed by atoms with Crippen molar-refractivity contribution in [3.05, 3.63) is 22.4 Å². The highest BCUT2D eigenvalue weighted by molar-refractivity contribution is 8.00. The third kappa shape index (κ3) is 4.92. The number of unbranched alkanes of at least 4 members (excludes halogenated alkanes) is 2. The third-order valence-corrected chi connectivity index (χ3v) is 5.67. The van der Waals surface area contributed by atoms with Gasteiger partial charge in [-0.1, -0.05) is 49.9 Å². The molecule has 0 unspecified atom stereocenters. The first kappa shape index (κ1) is 18.2. The van der Waals surface area contributed by atoms with E-state index in [0.29, 0.717) is 10.3 Å². The average molecular weight is 375 g/mol. The Hall–Kier alpha value is -0.160. The number of fused-ring (bicyclic) bond motifs is 1. The van der Waals surface area contributed by atoms with Crippen LogP contribution < -0.4 is 0 Å². The molecule has 2 rings (SSSR count). The van der Waals surface area contributed by atoms with Crippen LogP contribution in [0.1, 0.15) is 39.5 Å². The Morgan fingerprint density at radius 3 is 1.73 bits per heavy atom. The van der Waals surface area contributed by atoms with Gasteiger partial charge in [0.05, 0.1) is 0 Å². The van der Waals surface area contributed by atoms with E-state index < -0.39 is 0 Å². The van der Waals surface area contributed by atoms with Crippen molar-refractivity contribution < 1.29 is 0 Å². The van der Waals surface area contributed by atoms with Crippen molar-refractivity contribution in [2.75, 3.05) is 11.5 Å². The average Bonchev–Trinajstić information content (AvgIpc) is 2.46. The van der Waals surface area contributed by atoms with E-state index in [1.54, 1.807) is 23.5 Å². The van der Waals surface area contributed by atoms with E-state index in [9.17, 15) is 0 Å². The predicted octanol–water partition coefficient (Wildman–Crippen LogP) is 6.72. The van der Waals surface area contributed by atoms with Gasteiger partial charge in [-0.2, -0.15) is 0 Å². The zero-order chi connectivity index (χ0) is 15.9. The molecule has 2 aromatic rings. The molecule has 0 spiro atoms. The topological polar surface area (TPSA) is 25.8 Å². The second-order valence-corrected chi connectivity index (χ2v) is 7.94. The lowest BCUT2D eigenvalue weighted by atomic mass is 10.2. The molecule has 2 aromatic heterocycles. The summed E-state index contributed by atoms with van der Waals surface area (Å²) in [6.45, 7) is 4.38. The summed E-state index contributed by atoms with van der Waals surface area (Å²) in [5.41, 5.74) is 0. The van der Waals surface area contributed by atoms with Gasteiger partial charge >= 0.3 is 0 Å². The number of pyridine rings is 2. The molecular weight excluding hydrogens is 355 g/mol. The molecule has 0 aromatic carbocycles. The Kier molecular flexibility index (Phi) is 7.61. The second-order valence-electron chi connectivity index (χ2n) is 5.00. The molecule has 0 amide bonds. The summed E-state index contributed by atoms with van der Waals surface area (Å²) < 4.78 is 0. The van der Waals surface area contributed by atoms with E-state index >= 15 is 0 Å². The summed E-state index contributed by atoms with van der Waals surface area (Å²) in [6.07, 6.45) is 4.68. The fraction of sp³-hybridized carbons (Fsp3) is 0.500. The molecule has 0 bridgehead atoms. The highest BCUT2D eigenvalue weighted by Gasteiger charge is 2.13. The Labute approximate surface area is 150 Å². The molecule has 2 nitrogen and oxygen atoms in total. The molecule has 6 heteroatoms. The molecule has 0 aliphatic rings. The number of halogens is 2. The Morgan fingerprint density at radius 2 is 1.32 bits per heavy atom. The van der Waals surface area contributed by atoms with Gasteiger partial charge in [-0.05, 0) is 41.9 Å². The van der Waals surface area contributed by atoms with Crippen LogP contribution >= 0.6 is 46.7 Å². The Morgan fingerprint density at radius 1 is 0.864 bits per heavy atom. The minimum Gasteiger partial charge on any atom is -0.229 e. The molecule has 0 fully saturated rings. The van der Waals surface area contributed by atoms with Crippen molar-refractivity contribution in [3.8, 4) is 0 Å². The smallest absolute Gasteiger partial charge is 0.131 e. The first-order valence-electron chi connectivity index (χ1n) is 7.58. The van der Waals surface area contributed by atoms with Gasteiger partial charge in [-0.15, -0.1) is 23.5 Å². The maximum Gasteiger partial charge on any atom is 0.131 e. The molecule has 0 radical (unpaired) electrons. The van der Waals surface area contributed by atoms with Crippen LogP contribution in [-0.4, -0.2) is 21.5 Å². The lowest BCUT2D eigenvalue weighted by Gasteiger charge is -2.11. The molecule has 0 aliphatic carbocycles. The number of rotatable bonds is 8. The van der Waals surface area contributed by atoms with Crippen LogP contribution in [0.25, 0.3) is 10.8 Å². The van der Waals surface area contributed by atoms with Gasteiger partial charge in [0.2, 0.25) is 0 Å². The fourth-order valence-corrected chi connectivity index (χ4v) is 4.85. The minimum absolute atomic E-state index is 0.512. The van der Waals surface area contributed by atoms with Crippen molar-refractivity contribution in [2.24, 2.45) is 0 Å². The minimum atomic E-state index is 0.512. The largest absolute Gasteiger partial charge is 0.229 e. The first-order valence-corrected chi connectivity index (χ1v) is 10.3. The molecule has 2 heterocycles. The third-order valence-electron chi connectivity index (χ3n) is 3.16. The maximum absolute atomic E-state index is 6.17. The first-order chi connectivity index (χ1) is 10.7. The van der Waals surface area contributed by atoms with Crippen molar-refractivity contribution in [2.45, 2.75) is 49.6 Å². The number of hydrogen-bond donors (Lipinski definition) is 0. The molecule has 0 saturated heterocycles. The van der Waals surface area contributed by atoms with E-state index in [2.05, 4.69) is 23.8 Å². The van der Waals surface area contributed by atoms with Gasteiger partial charge in [0, 0.05) is 5.39 Å². The molecule has 120 valence electrons. The van der Waals surface area contributed by atoms with Crippen molar-refractivity contribution in [1.82, 2.24) is 9.97 Å². The Bertz CT molecular complexity index is 584. The second kappa shape index (κ2) is 9.21. The monoisotopic (exact) mass is 374 g/mol. The van der Waals surface area contributed by atoms with E-state index in [4.69, 9.17) is 23.2 Å². The number of nitrogens with zero attached hydrogens (tertiary/aromatic N) is 2. The highest BCUT2D eigenvalue weighted by atomic mass is 35.5. The van der Waals surface area contributed by atoms with Gasteiger partial charge in [-0.3, -0.25) is 0 Å². The Balaban J connectivity index is 2.42. The standard InChI is InChI=1S/C16H20Cl2N2S2/c1-3-5-7-21-15-14-11(9-12(17)19-15)10-13(18)20-16(14)22-8-6-4-2/h9-10H,3-8H2,1-2H3. The van der Waals surface area contributed by atoms with Crippen LogP contribution in [0.15, 0.2) is 22.2 Å². The summed E-state index contributed by atoms with van der Waals surface area (Å²) in [7, 11) is 0. The number of thioether (sulfide) groups is 2. The maximum atomic E-state index is 6.17. The van der Waals surface area contributed by atoms with Crippen LogP contribution in [0.2, 0.25) is 10.3 Å². The number of aromatic nitrogens is 2. The molecule has 0 saturated carbocycles. The molecule has 0 N–H and O–H groups in total. The van der Waals surface area contributed by atoms with Crippen molar-refractivity contribution >= 4 is 57.5 Å². The molecule has 0 atom stereocenters. The fourth-order valence-electron chi connectivity index (χ4n) is 1.99. The molecule has 0 aliphatic heterocycles. The van der Waals surface area contributed by atoms with Crippen LogP contribution in [0.5, 0.6) is 0 Å². The van der Waals surface area contributed by atoms with Gasteiger partial charge in [0.25, 0.3) is 0 Å². The van der Waals surface area contributed by atoms with Gasteiger partial charge in [-0.25, -0.2) is 9.97 Å². The van der Waals surface area contributed by atoms with Crippen molar-refractivity contribution in [3.63, 3.8) is 0 Å². The summed E-state index contributed by atoms with van der Waals surface area (Å²) in [4.78, 5) is 9.05. The van der Waals surface area contributed by atoms with E-state index in [1.807, 2.05) is 12.1 Å². The van der Waals surface area contributed by atoms with Gasteiger partial charge in [0.15, 0.2) is 0 Å². The van der Waals surface area contributed by atoms with E-state index in [0.717, 1.165) is 32.3 Å². The summed E-state index contributed by atoms with van der Waals surface area (Å²) in [6, 6.07) is 3.75. The zero-order valence-electron chi connectivity index (χ0n) is 12.9. The van der Waals surface area contributed by atoms with Crippen LogP contribution in [-0.2, 0) is 0 Å². The lowest BCUT2D eigenvalue weighted by molar-refractivity contribution is 0.893. The van der Waals surface area contributed by atoms with Gasteiger partial charge < -0.3 is 0 Å². The van der Waals surface area contributed by atoms with Crippen molar-refractivity contribution in [1.29, 1.82) is 0 Å². The summed E-state index contributed by atoms with van der Waals surface area (Å²) in [5.74, 6) is 2.08. The van der Waals surface area contributed by atoms with Gasteiger partial charge in [0.1, 0.15) is 20.4 Å². The lowest BCUT2D eigenvalue weighted by Crippen LogP contribution is -1.93. The number of hydrogen-bond acceptors (Lipinski definition) is 4. The van der Waals surface area contributed by atoms with Crippen LogP contribution in [0, 0.1) is 0 Å². The summed E-state index contributed by atoms with van der Waals surface area (Å²) >= 11 is 15.9. The summed E-state index contributed by atoms with van der Waals surface area (Å²) in [5, 5.41) is 5.09. The van der Waals surface area contributed by atoms with Crippen LogP contribution in [0.3, 0.4) is 0 Å². The van der Waals surface area contributed by atoms with E-state index in [1.165, 1.54) is 25.7 Å². The quantitative estimate of drug-likeness (QED) is 0.290. The highest BCUT2D eigenvalue weighted by Crippen LogP contribution is 2.36. The predicted molar refractivity (Wildman–Crippen MR) is 101 cm³/mol. The normalized spacial score (nSPS) is 11.3. The van der Waals surface area contributed by atoms with E-state index in [-0.39, 0.29) is 0 Å². The zero-order valence-corrected chi connectivity index (χ0v) is 16.0.